The molecule has 0 bridgehead atoms. The number of carbonyl (C=O) groups is 1. The standard InChI is InChI=1S/C15H22N2O5S/c1-11-10-13(4-5-14(11)21-3)23(19,20)16-12(2)15(18)17-6-8-22-9-7-17/h4-5,10,12,16H,6-9H2,1-3H3/t12-/m1/s1. The van der Waals surface area contributed by atoms with Crippen LogP contribution in [0, 0.1) is 6.92 Å². The third-order valence-electron chi connectivity index (χ3n) is 3.70. The van der Waals surface area contributed by atoms with Crippen LogP contribution >= 0.6 is 0 Å². The van der Waals surface area contributed by atoms with Crippen molar-refractivity contribution in [2.24, 2.45) is 0 Å². The Hall–Kier alpha value is -1.64. The van der Waals surface area contributed by atoms with Gasteiger partial charge >= 0.3 is 0 Å². The van der Waals surface area contributed by atoms with Crippen LogP contribution in [0.1, 0.15) is 12.5 Å². The van der Waals surface area contributed by atoms with Gasteiger partial charge in [0.2, 0.25) is 15.9 Å². The van der Waals surface area contributed by atoms with Gasteiger partial charge in [-0.2, -0.15) is 4.72 Å². The first-order valence-corrected chi connectivity index (χ1v) is 8.87. The van der Waals surface area contributed by atoms with E-state index >= 15 is 0 Å². The fourth-order valence-corrected chi connectivity index (χ4v) is 3.71. The van der Waals surface area contributed by atoms with Crippen LogP contribution in [-0.2, 0) is 19.6 Å². The number of hydrogen-bond donors (Lipinski definition) is 1. The summed E-state index contributed by atoms with van der Waals surface area (Å²) in [5.41, 5.74) is 0.711. The number of rotatable bonds is 5. The van der Waals surface area contributed by atoms with Gasteiger partial charge in [-0.1, -0.05) is 0 Å². The van der Waals surface area contributed by atoms with Crippen LogP contribution in [0.4, 0.5) is 0 Å². The number of methoxy groups -OCH3 is 1. The van der Waals surface area contributed by atoms with Gasteiger partial charge < -0.3 is 14.4 Å². The maximum absolute atomic E-state index is 12.4. The van der Waals surface area contributed by atoms with E-state index in [0.717, 1.165) is 0 Å². The number of nitrogens with zero attached hydrogens (tertiary/aromatic N) is 1. The van der Waals surface area contributed by atoms with Crippen LogP contribution < -0.4 is 9.46 Å². The summed E-state index contributed by atoms with van der Waals surface area (Å²) >= 11 is 0. The SMILES string of the molecule is COc1ccc(S(=O)(=O)N[C@H](C)C(=O)N2CCOCC2)cc1C. The van der Waals surface area contributed by atoms with E-state index in [1.807, 2.05) is 0 Å². The normalized spacial score (nSPS) is 16.9. The van der Waals surface area contributed by atoms with Crippen LogP contribution in [0.2, 0.25) is 0 Å². The van der Waals surface area contributed by atoms with Gasteiger partial charge in [0.05, 0.1) is 31.3 Å². The average Bonchev–Trinajstić information content (AvgIpc) is 2.54. The molecule has 7 nitrogen and oxygen atoms in total. The predicted octanol–water partition coefficient (Wildman–Crippen LogP) is 0.529. The third kappa shape index (κ3) is 4.21. The van der Waals surface area contributed by atoms with E-state index in [1.165, 1.54) is 19.2 Å². The van der Waals surface area contributed by atoms with E-state index < -0.39 is 16.1 Å². The summed E-state index contributed by atoms with van der Waals surface area (Å²) < 4.78 is 37.6. The molecule has 1 aliphatic heterocycles. The first-order valence-electron chi connectivity index (χ1n) is 7.38. The van der Waals surface area contributed by atoms with Crippen LogP contribution in [0.25, 0.3) is 0 Å². The Morgan fingerprint density at radius 1 is 1.35 bits per heavy atom. The molecule has 128 valence electrons. The van der Waals surface area contributed by atoms with E-state index in [1.54, 1.807) is 24.8 Å². The molecular weight excluding hydrogens is 320 g/mol. The fraction of sp³-hybridized carbons (Fsp3) is 0.533. The quantitative estimate of drug-likeness (QED) is 0.844. The molecule has 1 amide bonds. The van der Waals surface area contributed by atoms with Gasteiger partial charge in [0.15, 0.2) is 0 Å². The lowest BCUT2D eigenvalue weighted by molar-refractivity contribution is -0.136. The zero-order chi connectivity index (χ0) is 17.0. The summed E-state index contributed by atoms with van der Waals surface area (Å²) in [6.07, 6.45) is 0. The Balaban J connectivity index is 2.10. The van der Waals surface area contributed by atoms with Crippen molar-refractivity contribution in [3.8, 4) is 5.75 Å². The predicted molar refractivity (Wildman–Crippen MR) is 84.9 cm³/mol. The molecule has 0 aromatic heterocycles. The third-order valence-corrected chi connectivity index (χ3v) is 5.24. The molecule has 0 unspecified atom stereocenters. The van der Waals surface area contributed by atoms with Gasteiger partial charge in [-0.05, 0) is 37.6 Å². The molecular formula is C15H22N2O5S. The Morgan fingerprint density at radius 2 is 2.00 bits per heavy atom. The zero-order valence-electron chi connectivity index (χ0n) is 13.5. The number of ether oxygens (including phenoxy) is 2. The molecule has 1 aromatic carbocycles. The van der Waals surface area contributed by atoms with Gasteiger partial charge in [-0.25, -0.2) is 8.42 Å². The van der Waals surface area contributed by atoms with Crippen molar-refractivity contribution < 1.29 is 22.7 Å². The minimum atomic E-state index is -3.77. The molecule has 1 aromatic rings. The van der Waals surface area contributed by atoms with Crippen molar-refractivity contribution in [2.45, 2.75) is 24.8 Å². The average molecular weight is 342 g/mol. The lowest BCUT2D eigenvalue weighted by Gasteiger charge is -2.29. The number of aryl methyl sites for hydroxylation is 1. The Kier molecular flexibility index (Phi) is 5.61. The van der Waals surface area contributed by atoms with E-state index in [4.69, 9.17) is 9.47 Å². The molecule has 0 saturated carbocycles. The second-order valence-electron chi connectivity index (χ2n) is 5.41. The molecule has 1 aliphatic rings. The van der Waals surface area contributed by atoms with Crippen LogP contribution in [0.3, 0.4) is 0 Å². The molecule has 1 atom stereocenters. The minimum absolute atomic E-state index is 0.109. The number of benzene rings is 1. The molecule has 23 heavy (non-hydrogen) atoms. The summed E-state index contributed by atoms with van der Waals surface area (Å²) in [5, 5.41) is 0. The molecule has 0 spiro atoms. The van der Waals surface area contributed by atoms with E-state index in [-0.39, 0.29) is 10.8 Å². The monoisotopic (exact) mass is 342 g/mol. The second kappa shape index (κ2) is 7.29. The fourth-order valence-electron chi connectivity index (χ4n) is 2.43. The summed E-state index contributed by atoms with van der Waals surface area (Å²) in [6.45, 7) is 5.22. The van der Waals surface area contributed by atoms with Crippen molar-refractivity contribution >= 4 is 15.9 Å². The van der Waals surface area contributed by atoms with E-state index in [9.17, 15) is 13.2 Å². The molecule has 0 aliphatic carbocycles. The molecule has 2 rings (SSSR count). The van der Waals surface area contributed by atoms with Gasteiger partial charge in [0.1, 0.15) is 5.75 Å². The largest absolute Gasteiger partial charge is 0.496 e. The number of sulfonamides is 1. The highest BCUT2D eigenvalue weighted by Crippen LogP contribution is 2.21. The maximum Gasteiger partial charge on any atom is 0.241 e. The van der Waals surface area contributed by atoms with Gasteiger partial charge in [-0.3, -0.25) is 4.79 Å². The first-order chi connectivity index (χ1) is 10.8. The van der Waals surface area contributed by atoms with Crippen molar-refractivity contribution in [2.75, 3.05) is 33.4 Å². The Morgan fingerprint density at radius 3 is 2.57 bits per heavy atom. The second-order valence-corrected chi connectivity index (χ2v) is 7.13. The highest BCUT2D eigenvalue weighted by molar-refractivity contribution is 7.89. The van der Waals surface area contributed by atoms with Crippen LogP contribution in [0.15, 0.2) is 23.1 Å². The first kappa shape index (κ1) is 17.7. The van der Waals surface area contributed by atoms with Gasteiger partial charge in [0.25, 0.3) is 0 Å². The number of morpholine rings is 1. The summed E-state index contributed by atoms with van der Waals surface area (Å²) in [4.78, 5) is 14.0. The molecule has 1 saturated heterocycles. The minimum Gasteiger partial charge on any atom is -0.496 e. The molecule has 1 fully saturated rings. The highest BCUT2D eigenvalue weighted by atomic mass is 32.2. The molecule has 1 N–H and O–H groups in total. The van der Waals surface area contributed by atoms with Gasteiger partial charge in [0, 0.05) is 13.1 Å². The molecule has 0 radical (unpaired) electrons. The Bertz CT molecular complexity index is 668. The number of hydrogen-bond acceptors (Lipinski definition) is 5. The van der Waals surface area contributed by atoms with Crippen LogP contribution in [0.5, 0.6) is 5.75 Å². The van der Waals surface area contributed by atoms with E-state index in [2.05, 4.69) is 4.72 Å². The summed E-state index contributed by atoms with van der Waals surface area (Å²) in [7, 11) is -2.25. The number of amides is 1. The Labute approximate surface area is 136 Å². The summed E-state index contributed by atoms with van der Waals surface area (Å²) in [6, 6.07) is 3.74. The van der Waals surface area contributed by atoms with E-state index in [0.29, 0.717) is 37.6 Å². The van der Waals surface area contributed by atoms with Crippen molar-refractivity contribution in [1.82, 2.24) is 9.62 Å². The smallest absolute Gasteiger partial charge is 0.241 e. The van der Waals surface area contributed by atoms with Gasteiger partial charge in [-0.15, -0.1) is 0 Å². The maximum atomic E-state index is 12.4. The number of carbonyl (C=O) groups excluding carboxylic acids is 1. The summed E-state index contributed by atoms with van der Waals surface area (Å²) in [5.74, 6) is 0.364. The van der Waals surface area contributed by atoms with Crippen molar-refractivity contribution in [1.29, 1.82) is 0 Å². The lowest BCUT2D eigenvalue weighted by Crippen LogP contribution is -2.50. The lowest BCUT2D eigenvalue weighted by atomic mass is 10.2. The van der Waals surface area contributed by atoms with Crippen molar-refractivity contribution in [3.63, 3.8) is 0 Å². The zero-order valence-corrected chi connectivity index (χ0v) is 14.4. The topological polar surface area (TPSA) is 84.9 Å². The van der Waals surface area contributed by atoms with Crippen molar-refractivity contribution in [3.05, 3.63) is 23.8 Å². The molecule has 8 heteroatoms. The van der Waals surface area contributed by atoms with Crippen LogP contribution in [-0.4, -0.2) is 58.7 Å². The molecule has 1 heterocycles. The number of nitrogens with one attached hydrogen (secondary N) is 1. The highest BCUT2D eigenvalue weighted by Gasteiger charge is 2.27.